The first-order valence-corrected chi connectivity index (χ1v) is 2.14. The van der Waals surface area contributed by atoms with Crippen LogP contribution in [0.5, 0.6) is 0 Å². The number of rotatable bonds is 0. The third kappa shape index (κ3) is 1.32. The molecule has 0 saturated heterocycles. The van der Waals surface area contributed by atoms with Crippen LogP contribution in [-0.4, -0.2) is 14.9 Å². The van der Waals surface area contributed by atoms with Gasteiger partial charge in [-0.1, -0.05) is 0 Å². The van der Waals surface area contributed by atoms with Gasteiger partial charge >= 0.3 is 0 Å². The molecule has 5 nitrogen and oxygen atoms in total. The van der Waals surface area contributed by atoms with Gasteiger partial charge in [-0.05, 0) is 6.92 Å². The number of halogens is 1. The normalized spacial score (nSPS) is 8.56. The lowest BCUT2D eigenvalue weighted by atomic mass is 10.7. The monoisotopic (exact) mass is 192 g/mol. The molecule has 1 rings (SSSR count). The first kappa shape index (κ1) is 8.22. The van der Waals surface area contributed by atoms with E-state index in [2.05, 4.69) is 10.2 Å². The Morgan fingerprint density at radius 2 is 2.00 bits per heavy atom. The Morgan fingerprint density at radius 3 is 2.11 bits per heavy atom. The first-order valence-electron chi connectivity index (χ1n) is 2.14. The average molecular weight is 193 g/mol. The lowest BCUT2D eigenvalue weighted by Gasteiger charge is -1.91. The summed E-state index contributed by atoms with van der Waals surface area (Å²) >= 11 is 0. The highest BCUT2D eigenvalue weighted by Crippen LogP contribution is 1.92. The summed E-state index contributed by atoms with van der Waals surface area (Å²) in [7, 11) is 0. The van der Waals surface area contributed by atoms with Crippen LogP contribution in [0.25, 0.3) is 0 Å². The predicted molar refractivity (Wildman–Crippen MR) is 29.3 cm³/mol. The predicted octanol–water partition coefficient (Wildman–Crippen LogP) is -4.11. The molecule has 4 N–H and O–H groups in total. The van der Waals surface area contributed by atoms with Gasteiger partial charge in [-0.2, -0.15) is 0 Å². The van der Waals surface area contributed by atoms with E-state index in [1.165, 1.54) is 4.68 Å². The van der Waals surface area contributed by atoms with Crippen molar-refractivity contribution in [3.63, 3.8) is 0 Å². The second kappa shape index (κ2) is 2.67. The molecule has 0 unspecified atom stereocenters. The maximum Gasteiger partial charge on any atom is 0.240 e. The molecule has 0 spiro atoms. The van der Waals surface area contributed by atoms with Crippen LogP contribution < -0.4 is 28.6 Å². The van der Waals surface area contributed by atoms with Crippen LogP contribution >= 0.6 is 0 Å². The zero-order valence-electron chi connectivity index (χ0n) is 4.87. The molecule has 52 valence electrons. The fourth-order valence-corrected chi connectivity index (χ4v) is 0.386. The van der Waals surface area contributed by atoms with E-state index >= 15 is 0 Å². The van der Waals surface area contributed by atoms with Gasteiger partial charge in [0.05, 0.1) is 0 Å². The minimum atomic E-state index is 0. The molecule has 1 aromatic rings. The summed E-state index contributed by atoms with van der Waals surface area (Å²) in [6, 6.07) is 0. The number of hydrogen-bond donors (Lipinski definition) is 2. The highest BCUT2D eigenvalue weighted by molar-refractivity contribution is 5.15. The number of nitrogens with zero attached hydrogens (tertiary/aromatic N) is 3. The van der Waals surface area contributed by atoms with E-state index in [4.69, 9.17) is 11.6 Å². The summed E-state index contributed by atoms with van der Waals surface area (Å²) in [5, 5.41) is 7.06. The number of hydrogen-bond acceptors (Lipinski definition) is 4. The van der Waals surface area contributed by atoms with E-state index in [1.54, 1.807) is 6.92 Å². The van der Waals surface area contributed by atoms with E-state index in [1.807, 2.05) is 0 Å². The summed E-state index contributed by atoms with van der Waals surface area (Å²) in [5.74, 6) is 6.12. The average Bonchev–Trinajstić information content (AvgIpc) is 1.98. The molecule has 1 aromatic heterocycles. The van der Waals surface area contributed by atoms with Crippen LogP contribution in [0.3, 0.4) is 0 Å². The van der Waals surface area contributed by atoms with Crippen molar-refractivity contribution >= 4 is 5.95 Å². The SMILES string of the molecule is Cc1nnc(N)n1N.[Br-]. The number of nitrogens with two attached hydrogens (primary N) is 2. The lowest BCUT2D eigenvalue weighted by Crippen LogP contribution is -3.00. The largest absolute Gasteiger partial charge is 1.00 e. The Hall–Kier alpha value is -0.780. The molecule has 6 heteroatoms. The Bertz CT molecular complexity index is 175. The molecule has 1 heterocycles. The van der Waals surface area contributed by atoms with Crippen molar-refractivity contribution < 1.29 is 17.0 Å². The van der Waals surface area contributed by atoms with Crippen molar-refractivity contribution in [2.24, 2.45) is 0 Å². The summed E-state index contributed by atoms with van der Waals surface area (Å²) < 4.78 is 1.22. The smallest absolute Gasteiger partial charge is 0.240 e. The molecular formula is C3H7BrN5-. The zero-order valence-corrected chi connectivity index (χ0v) is 6.46. The van der Waals surface area contributed by atoms with Crippen molar-refractivity contribution in [2.45, 2.75) is 6.92 Å². The van der Waals surface area contributed by atoms with Crippen LogP contribution in [0.1, 0.15) is 5.82 Å². The van der Waals surface area contributed by atoms with E-state index in [-0.39, 0.29) is 22.9 Å². The molecule has 0 bridgehead atoms. The van der Waals surface area contributed by atoms with Crippen LogP contribution in [0.15, 0.2) is 0 Å². The van der Waals surface area contributed by atoms with E-state index < -0.39 is 0 Å². The second-order valence-electron chi connectivity index (χ2n) is 1.48. The highest BCUT2D eigenvalue weighted by Gasteiger charge is 1.96. The summed E-state index contributed by atoms with van der Waals surface area (Å²) in [6.45, 7) is 1.73. The van der Waals surface area contributed by atoms with Crippen LogP contribution in [0.2, 0.25) is 0 Å². The van der Waals surface area contributed by atoms with Crippen molar-refractivity contribution in [2.75, 3.05) is 11.6 Å². The van der Waals surface area contributed by atoms with Gasteiger partial charge in [0.25, 0.3) is 0 Å². The third-order valence-corrected chi connectivity index (χ3v) is 0.893. The minimum Gasteiger partial charge on any atom is -1.00 e. The lowest BCUT2D eigenvalue weighted by molar-refractivity contribution is -0.00000200. The maximum atomic E-state index is 5.27. The van der Waals surface area contributed by atoms with Crippen LogP contribution in [0.4, 0.5) is 5.95 Å². The molecule has 0 radical (unpaired) electrons. The molecule has 0 aliphatic carbocycles. The summed E-state index contributed by atoms with van der Waals surface area (Å²) in [6.07, 6.45) is 0. The topological polar surface area (TPSA) is 82.8 Å². The highest BCUT2D eigenvalue weighted by atomic mass is 79.9. The Kier molecular flexibility index (Phi) is 2.44. The van der Waals surface area contributed by atoms with Crippen molar-refractivity contribution in [1.82, 2.24) is 14.9 Å². The van der Waals surface area contributed by atoms with Gasteiger partial charge in [-0.3, -0.25) is 0 Å². The van der Waals surface area contributed by atoms with Crippen LogP contribution in [-0.2, 0) is 0 Å². The van der Waals surface area contributed by atoms with E-state index in [0.717, 1.165) is 0 Å². The van der Waals surface area contributed by atoms with E-state index in [9.17, 15) is 0 Å². The Labute approximate surface area is 62.8 Å². The molecule has 9 heavy (non-hydrogen) atoms. The number of aryl methyl sites for hydroxylation is 1. The second-order valence-corrected chi connectivity index (χ2v) is 1.48. The molecule has 0 atom stereocenters. The first-order chi connectivity index (χ1) is 3.72. The Morgan fingerprint density at radius 1 is 1.44 bits per heavy atom. The Balaban J connectivity index is 0.000000640. The van der Waals surface area contributed by atoms with Gasteiger partial charge in [0, 0.05) is 0 Å². The summed E-state index contributed by atoms with van der Waals surface area (Å²) in [5.41, 5.74) is 5.20. The number of anilines is 1. The third-order valence-electron chi connectivity index (χ3n) is 0.893. The number of nitrogen functional groups attached to an aromatic ring is 2. The molecule has 0 amide bonds. The van der Waals surface area contributed by atoms with Crippen molar-refractivity contribution in [3.8, 4) is 0 Å². The molecule has 0 fully saturated rings. The van der Waals surface area contributed by atoms with Crippen LogP contribution in [0, 0.1) is 6.92 Å². The standard InChI is InChI=1S/C3H7N5.BrH/c1-2-6-7-3(4)8(2)5;/h5H2,1H3,(H2,4,7);1H/p-1. The van der Waals surface area contributed by atoms with E-state index in [0.29, 0.717) is 5.82 Å². The van der Waals surface area contributed by atoms with Gasteiger partial charge in [-0.15, -0.1) is 10.2 Å². The molecule has 0 aliphatic rings. The summed E-state index contributed by atoms with van der Waals surface area (Å²) in [4.78, 5) is 0. The van der Waals surface area contributed by atoms with Gasteiger partial charge in [-0.25, -0.2) is 4.68 Å². The molecule has 0 saturated carbocycles. The van der Waals surface area contributed by atoms with Gasteiger partial charge in [0.15, 0.2) is 5.82 Å². The zero-order chi connectivity index (χ0) is 6.15. The molecule has 0 aromatic carbocycles. The number of aromatic nitrogens is 3. The fraction of sp³-hybridized carbons (Fsp3) is 0.333. The fourth-order valence-electron chi connectivity index (χ4n) is 0.386. The van der Waals surface area contributed by atoms with Gasteiger partial charge < -0.3 is 28.6 Å². The van der Waals surface area contributed by atoms with Crippen molar-refractivity contribution in [3.05, 3.63) is 5.82 Å². The van der Waals surface area contributed by atoms with Crippen molar-refractivity contribution in [1.29, 1.82) is 0 Å². The molecular weight excluding hydrogens is 186 g/mol. The van der Waals surface area contributed by atoms with Gasteiger partial charge in [0.1, 0.15) is 0 Å². The van der Waals surface area contributed by atoms with Gasteiger partial charge in [0.2, 0.25) is 5.95 Å². The maximum absolute atomic E-state index is 5.27. The molecule has 0 aliphatic heterocycles. The quantitative estimate of drug-likeness (QED) is 0.410. The minimum absolute atomic E-state index is 0.